The van der Waals surface area contributed by atoms with Gasteiger partial charge in [-0.15, -0.1) is 0 Å². The van der Waals surface area contributed by atoms with Crippen molar-refractivity contribution in [3.05, 3.63) is 85.8 Å². The Balaban J connectivity index is 1.44. The van der Waals surface area contributed by atoms with E-state index in [9.17, 15) is 40.3 Å². The van der Waals surface area contributed by atoms with Gasteiger partial charge in [-0.3, -0.25) is 9.59 Å². The van der Waals surface area contributed by atoms with Gasteiger partial charge >= 0.3 is 12.4 Å². The molecule has 0 aliphatic heterocycles. The fourth-order valence-corrected chi connectivity index (χ4v) is 4.77. The molecule has 226 valence electrons. The Bertz CT molecular complexity index is 1520. The fraction of sp³-hybridized carbons (Fsp3) is 0.370. The van der Waals surface area contributed by atoms with E-state index in [0.29, 0.717) is 37.3 Å². The third-order valence-electron chi connectivity index (χ3n) is 6.78. The summed E-state index contributed by atoms with van der Waals surface area (Å²) in [7, 11) is 0. The number of hydrogen-bond donors (Lipinski definition) is 2. The number of nitrogens with one attached hydrogen (secondary N) is 2. The lowest BCUT2D eigenvalue weighted by Crippen LogP contribution is -2.34. The molecule has 1 fully saturated rings. The number of ether oxygens (including phenoxy) is 1. The van der Waals surface area contributed by atoms with Crippen LogP contribution in [0.4, 0.5) is 35.1 Å². The van der Waals surface area contributed by atoms with E-state index >= 15 is 4.39 Å². The molecule has 1 saturated carbocycles. The van der Waals surface area contributed by atoms with Crippen LogP contribution >= 0.6 is 11.6 Å². The number of alkyl halides is 6. The largest absolute Gasteiger partial charge is 0.433 e. The zero-order valence-electron chi connectivity index (χ0n) is 21.4. The molecular weight excluding hydrogens is 602 g/mol. The summed E-state index contributed by atoms with van der Waals surface area (Å²) in [5.41, 5.74) is -6.42. The maximum absolute atomic E-state index is 15.4. The Morgan fingerprint density at radius 3 is 2.26 bits per heavy atom. The first-order valence-corrected chi connectivity index (χ1v) is 12.9. The van der Waals surface area contributed by atoms with Gasteiger partial charge in [0, 0.05) is 34.7 Å². The monoisotopic (exact) mass is 623 g/mol. The zero-order valence-corrected chi connectivity index (χ0v) is 22.2. The second-order valence-electron chi connectivity index (χ2n) is 9.67. The van der Waals surface area contributed by atoms with Crippen molar-refractivity contribution in [2.24, 2.45) is 5.92 Å². The van der Waals surface area contributed by atoms with Crippen molar-refractivity contribution >= 4 is 17.5 Å². The number of hydrogen-bond acceptors (Lipinski definition) is 4. The summed E-state index contributed by atoms with van der Waals surface area (Å²) in [5, 5.41) is 2.69. The van der Waals surface area contributed by atoms with Crippen molar-refractivity contribution in [2.75, 3.05) is 0 Å². The summed E-state index contributed by atoms with van der Waals surface area (Å²) in [4.78, 5) is 29.2. The standard InChI is InChI=1S/C27H22ClF8N3O3/c28-16-5-1-15(19(29)9-16)12-42-17-6-2-13(3-7-17)25(41)37-11-14-4-8-18(26(31,32)33)22(23(14)30)24-38-20(27(34,35)36)10-21(40)39-24/h1,4-5,8-10,13,17H,2-3,6-7,11-12H2,(H,37,41)(H,38,39,40). The van der Waals surface area contributed by atoms with Crippen LogP contribution in [0.2, 0.25) is 5.02 Å². The summed E-state index contributed by atoms with van der Waals surface area (Å²) < 4.78 is 115. The topological polar surface area (TPSA) is 84.1 Å². The van der Waals surface area contributed by atoms with E-state index in [1.54, 1.807) is 4.98 Å². The number of halogens is 9. The first kappa shape index (κ1) is 31.4. The highest BCUT2D eigenvalue weighted by atomic mass is 35.5. The lowest BCUT2D eigenvalue weighted by Gasteiger charge is -2.28. The van der Waals surface area contributed by atoms with Crippen LogP contribution in [0.25, 0.3) is 11.4 Å². The third kappa shape index (κ3) is 7.46. The summed E-state index contributed by atoms with van der Waals surface area (Å²) >= 11 is 5.73. The molecule has 0 spiro atoms. The van der Waals surface area contributed by atoms with E-state index in [-0.39, 0.29) is 23.8 Å². The lowest BCUT2D eigenvalue weighted by molar-refractivity contribution is -0.141. The maximum Gasteiger partial charge on any atom is 0.433 e. The van der Waals surface area contributed by atoms with Crippen molar-refractivity contribution in [1.82, 2.24) is 15.3 Å². The molecule has 0 saturated heterocycles. The lowest BCUT2D eigenvalue weighted by atomic mass is 9.86. The van der Waals surface area contributed by atoms with E-state index in [1.807, 2.05) is 0 Å². The van der Waals surface area contributed by atoms with E-state index < -0.39 is 76.1 Å². The average Bonchev–Trinajstić information content (AvgIpc) is 2.90. The average molecular weight is 624 g/mol. The number of carbonyl (C=O) groups excluding carboxylic acids is 1. The number of nitrogens with zero attached hydrogens (tertiary/aromatic N) is 1. The summed E-state index contributed by atoms with van der Waals surface area (Å²) in [6.07, 6.45) is -8.97. The molecule has 42 heavy (non-hydrogen) atoms. The minimum Gasteiger partial charge on any atom is -0.373 e. The van der Waals surface area contributed by atoms with E-state index in [4.69, 9.17) is 16.3 Å². The Morgan fingerprint density at radius 2 is 1.64 bits per heavy atom. The molecule has 1 aromatic heterocycles. The number of carbonyl (C=O) groups is 1. The van der Waals surface area contributed by atoms with E-state index in [0.717, 1.165) is 6.07 Å². The van der Waals surface area contributed by atoms with E-state index in [2.05, 4.69) is 10.3 Å². The van der Waals surface area contributed by atoms with Gasteiger partial charge in [0.25, 0.3) is 5.56 Å². The van der Waals surface area contributed by atoms with Crippen molar-refractivity contribution in [2.45, 2.75) is 57.3 Å². The minimum absolute atomic E-state index is 0.00602. The molecule has 0 unspecified atom stereocenters. The molecule has 1 aliphatic carbocycles. The molecule has 6 nitrogen and oxygen atoms in total. The van der Waals surface area contributed by atoms with Crippen LogP contribution < -0.4 is 10.9 Å². The van der Waals surface area contributed by atoms with Gasteiger partial charge in [-0.2, -0.15) is 26.3 Å². The number of amides is 1. The molecule has 2 N–H and O–H groups in total. The Hall–Kier alpha value is -3.52. The molecule has 2 aromatic carbocycles. The van der Waals surface area contributed by atoms with Crippen LogP contribution in [0.1, 0.15) is 48.1 Å². The third-order valence-corrected chi connectivity index (χ3v) is 7.02. The number of rotatable bonds is 7. The highest BCUT2D eigenvalue weighted by Gasteiger charge is 2.39. The van der Waals surface area contributed by atoms with Gasteiger partial charge in [0.15, 0.2) is 5.69 Å². The molecule has 0 atom stereocenters. The highest BCUT2D eigenvalue weighted by molar-refractivity contribution is 6.30. The SMILES string of the molecule is O=C(NCc1ccc(C(F)(F)F)c(-c2nc(C(F)(F)F)cc(=O)[nH]2)c1F)C1CCC(OCc2ccc(Cl)cc2F)CC1. The Kier molecular flexibility index (Phi) is 9.26. The number of benzene rings is 2. The van der Waals surface area contributed by atoms with Gasteiger partial charge in [-0.1, -0.05) is 23.7 Å². The normalized spacial score (nSPS) is 17.7. The molecule has 0 radical (unpaired) electrons. The van der Waals surface area contributed by atoms with Gasteiger partial charge in [0.1, 0.15) is 17.5 Å². The molecule has 1 amide bonds. The van der Waals surface area contributed by atoms with Crippen molar-refractivity contribution < 1.29 is 44.7 Å². The van der Waals surface area contributed by atoms with Gasteiger partial charge in [-0.05, 0) is 43.9 Å². The predicted octanol–water partition coefficient (Wildman–Crippen LogP) is 6.80. The molecule has 4 rings (SSSR count). The van der Waals surface area contributed by atoms with Gasteiger partial charge in [0.05, 0.1) is 23.8 Å². The van der Waals surface area contributed by atoms with Crippen LogP contribution in [0.5, 0.6) is 0 Å². The van der Waals surface area contributed by atoms with Crippen LogP contribution in [-0.2, 0) is 35.0 Å². The number of aromatic nitrogens is 2. The quantitative estimate of drug-likeness (QED) is 0.284. The first-order chi connectivity index (χ1) is 19.6. The first-order valence-electron chi connectivity index (χ1n) is 12.5. The summed E-state index contributed by atoms with van der Waals surface area (Å²) in [5.74, 6) is -4.40. The second-order valence-corrected chi connectivity index (χ2v) is 10.1. The van der Waals surface area contributed by atoms with Gasteiger partial charge in [0.2, 0.25) is 5.91 Å². The fourth-order valence-electron chi connectivity index (χ4n) is 4.61. The van der Waals surface area contributed by atoms with Gasteiger partial charge in [-0.25, -0.2) is 13.8 Å². The van der Waals surface area contributed by atoms with Crippen LogP contribution in [0.3, 0.4) is 0 Å². The highest BCUT2D eigenvalue weighted by Crippen LogP contribution is 2.39. The smallest absolute Gasteiger partial charge is 0.373 e. The molecular formula is C27H22ClF8N3O3. The van der Waals surface area contributed by atoms with Crippen molar-refractivity contribution in [3.8, 4) is 11.4 Å². The molecule has 0 bridgehead atoms. The summed E-state index contributed by atoms with van der Waals surface area (Å²) in [6.45, 7) is -0.572. The minimum atomic E-state index is -5.20. The maximum atomic E-state index is 15.4. The summed E-state index contributed by atoms with van der Waals surface area (Å²) in [6, 6.07) is 5.42. The second kappa shape index (κ2) is 12.4. The number of H-pyrrole nitrogens is 1. The Morgan fingerprint density at radius 1 is 0.976 bits per heavy atom. The van der Waals surface area contributed by atoms with Crippen molar-refractivity contribution in [3.63, 3.8) is 0 Å². The van der Waals surface area contributed by atoms with Crippen LogP contribution in [0.15, 0.2) is 41.2 Å². The van der Waals surface area contributed by atoms with Gasteiger partial charge < -0.3 is 15.0 Å². The molecule has 3 aromatic rings. The molecule has 15 heteroatoms. The molecule has 1 aliphatic rings. The number of aromatic amines is 1. The van der Waals surface area contributed by atoms with Crippen LogP contribution in [-0.4, -0.2) is 22.0 Å². The predicted molar refractivity (Wildman–Crippen MR) is 134 cm³/mol. The zero-order chi connectivity index (χ0) is 30.8. The molecule has 1 heterocycles. The Labute approximate surface area is 238 Å². The van der Waals surface area contributed by atoms with Crippen molar-refractivity contribution in [1.29, 1.82) is 0 Å². The van der Waals surface area contributed by atoms with E-state index in [1.165, 1.54) is 18.2 Å². The van der Waals surface area contributed by atoms with Crippen LogP contribution in [0, 0.1) is 17.6 Å².